The summed E-state index contributed by atoms with van der Waals surface area (Å²) in [7, 11) is 3.31. The van der Waals surface area contributed by atoms with E-state index in [1.807, 2.05) is 12.1 Å². The Kier molecular flexibility index (Phi) is 6.57. The van der Waals surface area contributed by atoms with Crippen LogP contribution < -0.4 is 9.47 Å². The first-order valence-electron chi connectivity index (χ1n) is 9.46. The van der Waals surface area contributed by atoms with E-state index in [0.717, 1.165) is 43.9 Å². The molecule has 1 N–H and O–H groups in total. The molecule has 0 spiro atoms. The van der Waals surface area contributed by atoms with Gasteiger partial charge in [-0.25, -0.2) is 0 Å². The van der Waals surface area contributed by atoms with Gasteiger partial charge >= 0.3 is 0 Å². The van der Waals surface area contributed by atoms with Gasteiger partial charge in [0.15, 0.2) is 11.5 Å². The van der Waals surface area contributed by atoms with E-state index in [4.69, 9.17) is 14.2 Å². The number of benzene rings is 1. The minimum absolute atomic E-state index is 0.158. The lowest BCUT2D eigenvalue weighted by Gasteiger charge is -2.37. The van der Waals surface area contributed by atoms with Crippen LogP contribution in [0.25, 0.3) is 0 Å². The van der Waals surface area contributed by atoms with E-state index in [9.17, 15) is 5.11 Å². The Labute approximate surface area is 150 Å². The lowest BCUT2D eigenvalue weighted by molar-refractivity contribution is -0.0316. The monoisotopic (exact) mass is 349 g/mol. The summed E-state index contributed by atoms with van der Waals surface area (Å²) in [6, 6.07) is 6.51. The van der Waals surface area contributed by atoms with Crippen molar-refractivity contribution in [1.82, 2.24) is 4.90 Å². The van der Waals surface area contributed by atoms with E-state index >= 15 is 0 Å². The molecule has 1 heterocycles. The molecule has 5 nitrogen and oxygen atoms in total. The fourth-order valence-electron chi connectivity index (χ4n) is 4.12. The summed E-state index contributed by atoms with van der Waals surface area (Å²) in [4.78, 5) is 2.44. The maximum absolute atomic E-state index is 9.83. The van der Waals surface area contributed by atoms with Crippen molar-refractivity contribution in [3.05, 3.63) is 23.8 Å². The zero-order valence-corrected chi connectivity index (χ0v) is 15.4. The van der Waals surface area contributed by atoms with Crippen LogP contribution in [0.2, 0.25) is 0 Å². The third kappa shape index (κ3) is 4.66. The highest BCUT2D eigenvalue weighted by Crippen LogP contribution is 2.30. The van der Waals surface area contributed by atoms with Gasteiger partial charge in [-0.2, -0.15) is 0 Å². The first kappa shape index (κ1) is 18.5. The van der Waals surface area contributed by atoms with Gasteiger partial charge in [-0.05, 0) is 43.4 Å². The average Bonchev–Trinajstić information content (AvgIpc) is 3.08. The number of hydrogen-bond donors (Lipinski definition) is 1. The lowest BCUT2D eigenvalue weighted by atomic mass is 9.91. The van der Waals surface area contributed by atoms with Gasteiger partial charge in [0.25, 0.3) is 0 Å². The number of hydrogen-bond acceptors (Lipinski definition) is 5. The molecule has 1 unspecified atom stereocenters. The molecule has 0 amide bonds. The van der Waals surface area contributed by atoms with Gasteiger partial charge in [-0.15, -0.1) is 0 Å². The van der Waals surface area contributed by atoms with Crippen LogP contribution in [0.15, 0.2) is 18.2 Å². The smallest absolute Gasteiger partial charge is 0.160 e. The molecule has 1 aliphatic heterocycles. The Morgan fingerprint density at radius 2 is 1.88 bits per heavy atom. The van der Waals surface area contributed by atoms with Crippen LogP contribution in [-0.4, -0.2) is 62.2 Å². The van der Waals surface area contributed by atoms with Gasteiger partial charge in [0.05, 0.1) is 33.0 Å². The topological polar surface area (TPSA) is 51.2 Å². The molecule has 2 aliphatic rings. The van der Waals surface area contributed by atoms with Crippen LogP contribution in [-0.2, 0) is 11.2 Å². The fraction of sp³-hybridized carbons (Fsp3) is 0.700. The highest BCUT2D eigenvalue weighted by Gasteiger charge is 2.34. The second kappa shape index (κ2) is 8.88. The summed E-state index contributed by atoms with van der Waals surface area (Å²) in [6.45, 7) is 2.52. The largest absolute Gasteiger partial charge is 0.493 e. The second-order valence-electron chi connectivity index (χ2n) is 7.14. The first-order valence-corrected chi connectivity index (χ1v) is 9.46. The van der Waals surface area contributed by atoms with Crippen molar-refractivity contribution in [2.45, 2.75) is 56.8 Å². The number of β-amino-alcohol motifs (C(OH)–C–C–N with tert-alkyl or cyclic N) is 1. The minimum atomic E-state index is -0.158. The number of aliphatic hydroxyl groups is 1. The van der Waals surface area contributed by atoms with E-state index in [1.165, 1.54) is 24.8 Å². The third-order valence-corrected chi connectivity index (χ3v) is 5.50. The van der Waals surface area contributed by atoms with Crippen LogP contribution in [0.3, 0.4) is 0 Å². The molecular formula is C20H31NO4. The van der Waals surface area contributed by atoms with Crippen molar-refractivity contribution >= 4 is 0 Å². The van der Waals surface area contributed by atoms with Gasteiger partial charge in [-0.3, -0.25) is 4.90 Å². The van der Waals surface area contributed by atoms with Crippen molar-refractivity contribution in [2.24, 2.45) is 0 Å². The highest BCUT2D eigenvalue weighted by atomic mass is 16.5. The van der Waals surface area contributed by atoms with Crippen LogP contribution in [0, 0.1) is 0 Å². The van der Waals surface area contributed by atoms with E-state index < -0.39 is 0 Å². The van der Waals surface area contributed by atoms with Gasteiger partial charge in [0.2, 0.25) is 0 Å². The predicted molar refractivity (Wildman–Crippen MR) is 97.4 cm³/mol. The van der Waals surface area contributed by atoms with E-state index in [-0.39, 0.29) is 6.10 Å². The second-order valence-corrected chi connectivity index (χ2v) is 7.14. The summed E-state index contributed by atoms with van der Waals surface area (Å²) in [5.41, 5.74) is 1.20. The Morgan fingerprint density at radius 3 is 2.60 bits per heavy atom. The molecule has 140 valence electrons. The van der Waals surface area contributed by atoms with Gasteiger partial charge in [0, 0.05) is 19.1 Å². The maximum Gasteiger partial charge on any atom is 0.160 e. The molecule has 1 aromatic rings. The number of nitrogens with zero attached hydrogens (tertiary/aromatic N) is 1. The zero-order valence-electron chi connectivity index (χ0n) is 15.4. The average molecular weight is 349 g/mol. The molecule has 0 bridgehead atoms. The van der Waals surface area contributed by atoms with Gasteiger partial charge in [-0.1, -0.05) is 18.9 Å². The van der Waals surface area contributed by atoms with Gasteiger partial charge < -0.3 is 19.3 Å². The molecule has 1 saturated carbocycles. The summed E-state index contributed by atoms with van der Waals surface area (Å²) in [6.07, 6.45) is 6.73. The van der Waals surface area contributed by atoms with Crippen LogP contribution in [0.1, 0.15) is 37.7 Å². The fourth-order valence-corrected chi connectivity index (χ4v) is 4.12. The minimum Gasteiger partial charge on any atom is -0.493 e. The van der Waals surface area contributed by atoms with Crippen LogP contribution >= 0.6 is 0 Å². The molecule has 1 saturated heterocycles. The SMILES string of the molecule is COc1ccc(CCOC2CCCC[C@H]2N2CC[C@H](O)C2)cc1OC. The normalized spacial score (nSPS) is 27.4. The van der Waals surface area contributed by atoms with Gasteiger partial charge in [0.1, 0.15) is 0 Å². The number of likely N-dealkylation sites (tertiary alicyclic amines) is 1. The van der Waals surface area contributed by atoms with Crippen LogP contribution in [0.4, 0.5) is 0 Å². The lowest BCUT2D eigenvalue weighted by Crippen LogP contribution is -2.46. The summed E-state index contributed by atoms with van der Waals surface area (Å²) in [5.74, 6) is 1.52. The molecular weight excluding hydrogens is 318 g/mol. The van der Waals surface area contributed by atoms with Crippen molar-refractivity contribution in [2.75, 3.05) is 33.9 Å². The maximum atomic E-state index is 9.83. The Morgan fingerprint density at radius 1 is 1.08 bits per heavy atom. The standard InChI is InChI=1S/C20H31NO4/c1-23-19-8-7-15(13-20(19)24-2)10-12-25-18-6-4-3-5-17(18)21-11-9-16(22)14-21/h7-8,13,16-18,22H,3-6,9-12,14H2,1-2H3/t16-,17+,18?/m0/s1. The molecule has 1 aromatic carbocycles. The zero-order chi connectivity index (χ0) is 17.6. The molecule has 2 fully saturated rings. The van der Waals surface area contributed by atoms with E-state index in [0.29, 0.717) is 18.8 Å². The van der Waals surface area contributed by atoms with E-state index in [2.05, 4.69) is 11.0 Å². The molecule has 3 atom stereocenters. The number of ether oxygens (including phenoxy) is 3. The number of aliphatic hydroxyl groups excluding tert-OH is 1. The summed E-state index contributed by atoms with van der Waals surface area (Å²) < 4.78 is 16.9. The Balaban J connectivity index is 1.53. The summed E-state index contributed by atoms with van der Waals surface area (Å²) >= 11 is 0. The third-order valence-electron chi connectivity index (χ3n) is 5.50. The number of methoxy groups -OCH3 is 2. The Bertz CT molecular complexity index is 550. The highest BCUT2D eigenvalue weighted by molar-refractivity contribution is 5.42. The number of rotatable bonds is 7. The molecule has 5 heteroatoms. The predicted octanol–water partition coefficient (Wildman–Crippen LogP) is 2.64. The van der Waals surface area contributed by atoms with E-state index in [1.54, 1.807) is 14.2 Å². The molecule has 0 radical (unpaired) electrons. The quantitative estimate of drug-likeness (QED) is 0.820. The molecule has 1 aliphatic carbocycles. The Hall–Kier alpha value is -1.30. The van der Waals surface area contributed by atoms with Crippen molar-refractivity contribution in [3.63, 3.8) is 0 Å². The summed E-state index contributed by atoms with van der Waals surface area (Å²) in [5, 5.41) is 9.83. The van der Waals surface area contributed by atoms with Crippen LogP contribution in [0.5, 0.6) is 11.5 Å². The molecule has 3 rings (SSSR count). The van der Waals surface area contributed by atoms with Crippen molar-refractivity contribution in [1.29, 1.82) is 0 Å². The molecule has 0 aromatic heterocycles. The first-order chi connectivity index (χ1) is 12.2. The molecule has 25 heavy (non-hydrogen) atoms. The van der Waals surface area contributed by atoms with Crippen molar-refractivity contribution < 1.29 is 19.3 Å². The van der Waals surface area contributed by atoms with Crippen molar-refractivity contribution in [3.8, 4) is 11.5 Å².